The number of amides is 1. The van der Waals surface area contributed by atoms with E-state index in [1.165, 1.54) is 12.1 Å². The molecule has 5 nitrogen and oxygen atoms in total. The van der Waals surface area contributed by atoms with Crippen LogP contribution in [-0.4, -0.2) is 52.4 Å². The molecule has 27 heavy (non-hydrogen) atoms. The number of benzene rings is 1. The molecular weight excluding hydrogens is 357 g/mol. The third-order valence-corrected chi connectivity index (χ3v) is 4.31. The maximum atomic E-state index is 12.6. The lowest BCUT2D eigenvalue weighted by Crippen LogP contribution is -2.34. The summed E-state index contributed by atoms with van der Waals surface area (Å²) in [4.78, 5) is 23.6. The molecule has 1 aromatic carbocycles. The molecule has 1 heterocycles. The monoisotopic (exact) mass is 380 g/mol. The van der Waals surface area contributed by atoms with E-state index in [0.29, 0.717) is 24.5 Å². The summed E-state index contributed by atoms with van der Waals surface area (Å²) in [6, 6.07) is 4.71. The van der Waals surface area contributed by atoms with E-state index in [-0.39, 0.29) is 0 Å². The summed E-state index contributed by atoms with van der Waals surface area (Å²) < 4.78 is 37.9. The van der Waals surface area contributed by atoms with Crippen molar-refractivity contribution in [3.63, 3.8) is 0 Å². The fraction of sp³-hybridized carbons (Fsp3) is 0.421. The van der Waals surface area contributed by atoms with Crippen molar-refractivity contribution in [1.29, 1.82) is 0 Å². The number of rotatable bonds is 9. The van der Waals surface area contributed by atoms with Crippen molar-refractivity contribution >= 4 is 6.41 Å². The van der Waals surface area contributed by atoms with Crippen LogP contribution in [0.3, 0.4) is 0 Å². The zero-order chi connectivity index (χ0) is 19.9. The molecule has 2 aromatic rings. The first-order valence-corrected chi connectivity index (χ1v) is 8.77. The van der Waals surface area contributed by atoms with Gasteiger partial charge in [0, 0.05) is 43.2 Å². The predicted octanol–water partition coefficient (Wildman–Crippen LogP) is 3.46. The lowest BCUT2D eigenvalue weighted by molar-refractivity contribution is -0.137. The zero-order valence-corrected chi connectivity index (χ0v) is 15.4. The maximum Gasteiger partial charge on any atom is 0.416 e. The summed E-state index contributed by atoms with van der Waals surface area (Å²) in [6.45, 7) is 7.77. The van der Waals surface area contributed by atoms with Gasteiger partial charge in [0.1, 0.15) is 0 Å². The topological polar surface area (TPSA) is 49.3 Å². The van der Waals surface area contributed by atoms with Crippen LogP contribution in [0.5, 0.6) is 0 Å². The Morgan fingerprint density at radius 1 is 1.00 bits per heavy atom. The molecule has 0 aliphatic heterocycles. The molecule has 0 unspecified atom stereocenters. The molecule has 0 spiro atoms. The lowest BCUT2D eigenvalue weighted by Gasteiger charge is -2.23. The molecule has 1 aromatic heterocycles. The standard InChI is InChI=1S/C19H23F3N4O/c1-3-25(4-2)9-10-26(14-27)13-15-11-23-18(24-12-15)16-5-7-17(8-6-16)19(20,21)22/h5-8,11-12,14H,3-4,9-10,13H2,1-2H3. The van der Waals surface area contributed by atoms with Gasteiger partial charge in [-0.05, 0) is 25.2 Å². The second kappa shape index (κ2) is 9.45. The molecule has 0 saturated carbocycles. The summed E-state index contributed by atoms with van der Waals surface area (Å²) in [6.07, 6.45) is -0.387. The minimum absolute atomic E-state index is 0.341. The molecule has 8 heteroatoms. The number of hydrogen-bond donors (Lipinski definition) is 0. The first-order chi connectivity index (χ1) is 12.9. The maximum absolute atomic E-state index is 12.6. The molecule has 1 amide bonds. The minimum atomic E-state index is -4.37. The molecule has 0 fully saturated rings. The first-order valence-electron chi connectivity index (χ1n) is 8.77. The summed E-state index contributed by atoms with van der Waals surface area (Å²) in [5, 5.41) is 0. The number of hydrogen-bond acceptors (Lipinski definition) is 4. The van der Waals surface area contributed by atoms with E-state index in [0.717, 1.165) is 43.7 Å². The van der Waals surface area contributed by atoms with Gasteiger partial charge in [-0.3, -0.25) is 4.79 Å². The molecule has 0 aliphatic carbocycles. The van der Waals surface area contributed by atoms with Crippen molar-refractivity contribution in [2.24, 2.45) is 0 Å². The van der Waals surface area contributed by atoms with Crippen molar-refractivity contribution < 1.29 is 18.0 Å². The van der Waals surface area contributed by atoms with Crippen LogP contribution in [0.1, 0.15) is 25.0 Å². The van der Waals surface area contributed by atoms with Gasteiger partial charge in [-0.2, -0.15) is 13.2 Å². The first kappa shape index (κ1) is 20.8. The van der Waals surface area contributed by atoms with Gasteiger partial charge in [0.05, 0.1) is 5.56 Å². The Morgan fingerprint density at radius 2 is 1.59 bits per heavy atom. The quantitative estimate of drug-likeness (QED) is 0.625. The van der Waals surface area contributed by atoms with E-state index in [9.17, 15) is 18.0 Å². The van der Waals surface area contributed by atoms with Gasteiger partial charge in [-0.1, -0.05) is 26.0 Å². The Balaban J connectivity index is 2.00. The van der Waals surface area contributed by atoms with Crippen LogP contribution in [0.15, 0.2) is 36.7 Å². The Morgan fingerprint density at radius 3 is 2.07 bits per heavy atom. The number of halogens is 3. The molecule has 0 bridgehead atoms. The van der Waals surface area contributed by atoms with Gasteiger partial charge in [-0.25, -0.2) is 9.97 Å². The van der Waals surface area contributed by atoms with Crippen molar-refractivity contribution in [3.05, 3.63) is 47.8 Å². The fourth-order valence-electron chi connectivity index (χ4n) is 2.61. The molecular formula is C19H23F3N4O. The minimum Gasteiger partial charge on any atom is -0.340 e. The van der Waals surface area contributed by atoms with E-state index < -0.39 is 11.7 Å². The second-order valence-corrected chi connectivity index (χ2v) is 6.09. The van der Waals surface area contributed by atoms with Crippen LogP contribution < -0.4 is 0 Å². The van der Waals surface area contributed by atoms with E-state index >= 15 is 0 Å². The van der Waals surface area contributed by atoms with Crippen LogP contribution in [0.2, 0.25) is 0 Å². The molecule has 0 aliphatic rings. The van der Waals surface area contributed by atoms with Crippen LogP contribution in [0.25, 0.3) is 11.4 Å². The highest BCUT2D eigenvalue weighted by molar-refractivity contribution is 5.55. The van der Waals surface area contributed by atoms with E-state index in [4.69, 9.17) is 0 Å². The second-order valence-electron chi connectivity index (χ2n) is 6.09. The highest BCUT2D eigenvalue weighted by Gasteiger charge is 2.30. The van der Waals surface area contributed by atoms with Gasteiger partial charge in [0.15, 0.2) is 5.82 Å². The highest BCUT2D eigenvalue weighted by Crippen LogP contribution is 2.30. The van der Waals surface area contributed by atoms with Gasteiger partial charge in [0.25, 0.3) is 0 Å². The summed E-state index contributed by atoms with van der Waals surface area (Å²) >= 11 is 0. The van der Waals surface area contributed by atoms with Gasteiger partial charge in [-0.15, -0.1) is 0 Å². The Labute approximate surface area is 156 Å². The highest BCUT2D eigenvalue weighted by atomic mass is 19.4. The molecule has 0 N–H and O–H groups in total. The van der Waals surface area contributed by atoms with Gasteiger partial charge in [0.2, 0.25) is 6.41 Å². The van der Waals surface area contributed by atoms with E-state index in [2.05, 4.69) is 28.7 Å². The van der Waals surface area contributed by atoms with E-state index in [1.807, 2.05) is 0 Å². The smallest absolute Gasteiger partial charge is 0.340 e. The predicted molar refractivity (Wildman–Crippen MR) is 96.7 cm³/mol. The average molecular weight is 380 g/mol. The number of nitrogens with zero attached hydrogens (tertiary/aromatic N) is 4. The number of carbonyl (C=O) groups excluding carboxylic acids is 1. The molecule has 0 saturated heterocycles. The van der Waals surface area contributed by atoms with Crippen LogP contribution in [0.4, 0.5) is 13.2 Å². The third kappa shape index (κ3) is 6.02. The SMILES string of the molecule is CCN(CC)CCN(C=O)Cc1cnc(-c2ccc(C(F)(F)F)cc2)nc1. The summed E-state index contributed by atoms with van der Waals surface area (Å²) in [7, 11) is 0. The average Bonchev–Trinajstić information content (AvgIpc) is 2.67. The Bertz CT molecular complexity index is 713. The Kier molecular flexibility index (Phi) is 7.29. The van der Waals surface area contributed by atoms with Crippen LogP contribution in [0, 0.1) is 0 Å². The third-order valence-electron chi connectivity index (χ3n) is 4.31. The van der Waals surface area contributed by atoms with Crippen molar-refractivity contribution in [2.45, 2.75) is 26.6 Å². The zero-order valence-electron chi connectivity index (χ0n) is 15.4. The summed E-state index contributed by atoms with van der Waals surface area (Å²) in [5.74, 6) is 0.341. The number of aromatic nitrogens is 2. The van der Waals surface area contributed by atoms with Crippen LogP contribution in [-0.2, 0) is 17.5 Å². The molecule has 146 valence electrons. The normalized spacial score (nSPS) is 11.6. The molecule has 0 atom stereocenters. The fourth-order valence-corrected chi connectivity index (χ4v) is 2.61. The number of carbonyl (C=O) groups is 1. The lowest BCUT2D eigenvalue weighted by atomic mass is 10.1. The van der Waals surface area contributed by atoms with Gasteiger partial charge >= 0.3 is 6.18 Å². The number of alkyl halides is 3. The largest absolute Gasteiger partial charge is 0.416 e. The number of likely N-dealkylation sites (N-methyl/N-ethyl adjacent to an activating group) is 1. The molecule has 0 radical (unpaired) electrons. The van der Waals surface area contributed by atoms with Crippen molar-refractivity contribution in [2.75, 3.05) is 26.2 Å². The van der Waals surface area contributed by atoms with Gasteiger partial charge < -0.3 is 9.80 Å². The molecule has 2 rings (SSSR count). The van der Waals surface area contributed by atoms with Crippen molar-refractivity contribution in [1.82, 2.24) is 19.8 Å². The van der Waals surface area contributed by atoms with E-state index in [1.54, 1.807) is 17.3 Å². The van der Waals surface area contributed by atoms with Crippen LogP contribution >= 0.6 is 0 Å². The summed E-state index contributed by atoms with van der Waals surface area (Å²) in [5.41, 5.74) is 0.554. The Hall–Kier alpha value is -2.48. The van der Waals surface area contributed by atoms with Crippen molar-refractivity contribution in [3.8, 4) is 11.4 Å².